The molecule has 1 saturated heterocycles. The fourth-order valence-corrected chi connectivity index (χ4v) is 3.92. The van der Waals surface area contributed by atoms with E-state index in [1.807, 2.05) is 36.1 Å². The first-order valence-corrected chi connectivity index (χ1v) is 10.7. The van der Waals surface area contributed by atoms with Crippen molar-refractivity contribution < 1.29 is 13.9 Å². The van der Waals surface area contributed by atoms with Crippen LogP contribution in [-0.4, -0.2) is 68.6 Å². The molecule has 33 heavy (non-hydrogen) atoms. The Hall–Kier alpha value is -4.08. The van der Waals surface area contributed by atoms with Gasteiger partial charge >= 0.3 is 0 Å². The smallest absolute Gasteiger partial charge is 0.256 e. The maximum Gasteiger partial charge on any atom is 0.256 e. The topological polar surface area (TPSA) is 89.3 Å². The lowest BCUT2D eigenvalue weighted by Crippen LogP contribution is -2.49. The zero-order chi connectivity index (χ0) is 22.8. The number of ether oxygens (including phenoxy) is 1. The van der Waals surface area contributed by atoms with Gasteiger partial charge in [-0.3, -0.25) is 4.79 Å². The normalized spacial score (nSPS) is 14.0. The van der Waals surface area contributed by atoms with Crippen LogP contribution in [0.4, 0.5) is 10.2 Å². The number of carbonyl (C=O) groups is 1. The Labute approximate surface area is 189 Å². The molecule has 0 aliphatic carbocycles. The number of hydrogen-bond donors (Lipinski definition) is 0. The molecule has 0 saturated carbocycles. The monoisotopic (exact) mass is 447 g/mol. The maximum atomic E-state index is 14.0. The van der Waals surface area contributed by atoms with Gasteiger partial charge in [0.2, 0.25) is 0 Å². The largest absolute Gasteiger partial charge is 0.494 e. The van der Waals surface area contributed by atoms with Crippen molar-refractivity contribution in [2.24, 2.45) is 0 Å². The molecule has 168 valence electrons. The number of rotatable bonds is 5. The molecule has 3 heterocycles. The number of anilines is 1. The number of aromatic nitrogens is 5. The van der Waals surface area contributed by atoms with E-state index in [1.165, 1.54) is 18.5 Å². The van der Waals surface area contributed by atoms with Gasteiger partial charge in [-0.25, -0.2) is 14.4 Å². The second kappa shape index (κ2) is 8.81. The van der Waals surface area contributed by atoms with E-state index in [0.717, 1.165) is 11.4 Å². The molecular formula is C23H22FN7O2. The van der Waals surface area contributed by atoms with Gasteiger partial charge in [0, 0.05) is 26.2 Å². The molecule has 0 atom stereocenters. The van der Waals surface area contributed by atoms with Crippen molar-refractivity contribution in [1.29, 1.82) is 0 Å². The van der Waals surface area contributed by atoms with Crippen LogP contribution in [0.2, 0.25) is 0 Å². The summed E-state index contributed by atoms with van der Waals surface area (Å²) in [5, 5.41) is 8.61. The summed E-state index contributed by atoms with van der Waals surface area (Å²) in [6.07, 6.45) is 1.49. The predicted molar refractivity (Wildman–Crippen MR) is 120 cm³/mol. The summed E-state index contributed by atoms with van der Waals surface area (Å²) >= 11 is 0. The van der Waals surface area contributed by atoms with Gasteiger partial charge in [0.1, 0.15) is 17.9 Å². The molecule has 0 spiro atoms. The Morgan fingerprint density at radius 1 is 1.03 bits per heavy atom. The van der Waals surface area contributed by atoms with E-state index >= 15 is 0 Å². The number of hydrogen-bond acceptors (Lipinski definition) is 7. The molecule has 2 aromatic carbocycles. The van der Waals surface area contributed by atoms with Gasteiger partial charge < -0.3 is 14.5 Å². The molecule has 0 unspecified atom stereocenters. The summed E-state index contributed by atoms with van der Waals surface area (Å²) in [6.45, 7) is 4.52. The third-order valence-corrected chi connectivity index (χ3v) is 5.58. The molecular weight excluding hydrogens is 425 g/mol. The minimum atomic E-state index is -0.506. The third-order valence-electron chi connectivity index (χ3n) is 5.58. The first-order chi connectivity index (χ1) is 16.2. The summed E-state index contributed by atoms with van der Waals surface area (Å²) in [5.74, 6) is 0.634. The van der Waals surface area contributed by atoms with E-state index in [9.17, 15) is 9.18 Å². The van der Waals surface area contributed by atoms with E-state index in [4.69, 9.17) is 4.74 Å². The maximum absolute atomic E-state index is 14.0. The van der Waals surface area contributed by atoms with Crippen molar-refractivity contribution in [1.82, 2.24) is 29.9 Å². The number of benzene rings is 2. The molecule has 1 fully saturated rings. The number of piperazine rings is 1. The van der Waals surface area contributed by atoms with Gasteiger partial charge in [-0.2, -0.15) is 4.68 Å². The number of fused-ring (bicyclic) bond motifs is 1. The quantitative estimate of drug-likeness (QED) is 0.465. The molecule has 5 rings (SSSR count). The highest BCUT2D eigenvalue weighted by molar-refractivity contribution is 5.94. The lowest BCUT2D eigenvalue weighted by Gasteiger charge is -2.35. The van der Waals surface area contributed by atoms with Gasteiger partial charge in [0.15, 0.2) is 17.0 Å². The molecule has 0 bridgehead atoms. The van der Waals surface area contributed by atoms with Crippen molar-refractivity contribution in [3.05, 3.63) is 66.2 Å². The average molecular weight is 447 g/mol. The summed E-state index contributed by atoms with van der Waals surface area (Å²) in [7, 11) is 0. The van der Waals surface area contributed by atoms with Gasteiger partial charge in [-0.15, -0.1) is 5.10 Å². The SMILES string of the molecule is CCOc1ccc(-n2nnc3c(N4CCN(C(=O)c5ccccc5F)CC4)ncnc32)cc1. The number of carbonyl (C=O) groups excluding carboxylic acids is 1. The Morgan fingerprint density at radius 3 is 2.52 bits per heavy atom. The Balaban J connectivity index is 1.35. The van der Waals surface area contributed by atoms with E-state index in [1.54, 1.807) is 21.7 Å². The van der Waals surface area contributed by atoms with E-state index in [-0.39, 0.29) is 11.5 Å². The second-order valence-electron chi connectivity index (χ2n) is 7.56. The van der Waals surface area contributed by atoms with Crippen LogP contribution in [0.5, 0.6) is 5.75 Å². The lowest BCUT2D eigenvalue weighted by molar-refractivity contribution is 0.0742. The first kappa shape index (κ1) is 20.8. The minimum absolute atomic E-state index is 0.0914. The van der Waals surface area contributed by atoms with Crippen molar-refractivity contribution in [2.75, 3.05) is 37.7 Å². The highest BCUT2D eigenvalue weighted by Gasteiger charge is 2.26. The second-order valence-corrected chi connectivity index (χ2v) is 7.56. The molecule has 0 radical (unpaired) electrons. The van der Waals surface area contributed by atoms with Gasteiger partial charge in [0.25, 0.3) is 5.91 Å². The zero-order valence-corrected chi connectivity index (χ0v) is 18.1. The summed E-state index contributed by atoms with van der Waals surface area (Å²) < 4.78 is 21.2. The van der Waals surface area contributed by atoms with Crippen LogP contribution in [-0.2, 0) is 0 Å². The van der Waals surface area contributed by atoms with E-state index in [2.05, 4.69) is 20.3 Å². The fraction of sp³-hybridized carbons (Fsp3) is 0.261. The molecule has 10 heteroatoms. The van der Waals surface area contributed by atoms with Crippen molar-refractivity contribution in [3.63, 3.8) is 0 Å². The molecule has 1 aliphatic rings. The summed E-state index contributed by atoms with van der Waals surface area (Å²) in [4.78, 5) is 25.2. The van der Waals surface area contributed by atoms with Gasteiger partial charge in [-0.05, 0) is 43.3 Å². The molecule has 9 nitrogen and oxygen atoms in total. The standard InChI is InChI=1S/C23H22FN7O2/c1-2-33-17-9-7-16(8-10-17)31-22-20(27-28-31)21(25-15-26-22)29-11-13-30(14-12-29)23(32)18-5-3-4-6-19(18)24/h3-10,15H,2,11-14H2,1H3. The van der Waals surface area contributed by atoms with Crippen molar-refractivity contribution in [3.8, 4) is 11.4 Å². The van der Waals surface area contributed by atoms with Crippen LogP contribution in [0.1, 0.15) is 17.3 Å². The average Bonchev–Trinajstić information content (AvgIpc) is 3.29. The minimum Gasteiger partial charge on any atom is -0.494 e. The molecule has 1 aliphatic heterocycles. The Bertz CT molecular complexity index is 1280. The molecule has 4 aromatic rings. The highest BCUT2D eigenvalue weighted by Crippen LogP contribution is 2.25. The van der Waals surface area contributed by atoms with E-state index in [0.29, 0.717) is 49.8 Å². The van der Waals surface area contributed by atoms with Crippen LogP contribution in [0.3, 0.4) is 0 Å². The molecule has 1 amide bonds. The highest BCUT2D eigenvalue weighted by atomic mass is 19.1. The molecule has 2 aromatic heterocycles. The van der Waals surface area contributed by atoms with Crippen molar-refractivity contribution >= 4 is 22.9 Å². The van der Waals surface area contributed by atoms with Crippen LogP contribution in [0.15, 0.2) is 54.9 Å². The van der Waals surface area contributed by atoms with Gasteiger partial charge in [-0.1, -0.05) is 17.3 Å². The molecule has 0 N–H and O–H groups in total. The Morgan fingerprint density at radius 2 is 1.79 bits per heavy atom. The van der Waals surface area contributed by atoms with Gasteiger partial charge in [0.05, 0.1) is 17.9 Å². The Kier molecular flexibility index (Phi) is 5.55. The van der Waals surface area contributed by atoms with Crippen LogP contribution in [0.25, 0.3) is 16.9 Å². The summed E-state index contributed by atoms with van der Waals surface area (Å²) in [6, 6.07) is 13.6. The zero-order valence-electron chi connectivity index (χ0n) is 18.1. The number of nitrogens with zero attached hydrogens (tertiary/aromatic N) is 7. The van der Waals surface area contributed by atoms with Crippen LogP contribution in [0, 0.1) is 5.82 Å². The summed E-state index contributed by atoms with van der Waals surface area (Å²) in [5.41, 5.74) is 2.08. The fourth-order valence-electron chi connectivity index (χ4n) is 3.92. The predicted octanol–water partition coefficient (Wildman–Crippen LogP) is 2.71. The van der Waals surface area contributed by atoms with E-state index < -0.39 is 5.82 Å². The van der Waals surface area contributed by atoms with Crippen molar-refractivity contribution in [2.45, 2.75) is 6.92 Å². The third kappa shape index (κ3) is 3.95. The van der Waals surface area contributed by atoms with Crippen LogP contribution < -0.4 is 9.64 Å². The number of amides is 1. The lowest BCUT2D eigenvalue weighted by atomic mass is 10.1. The number of halogens is 1. The first-order valence-electron chi connectivity index (χ1n) is 10.7. The van der Waals surface area contributed by atoms with Crippen LogP contribution >= 0.6 is 0 Å².